The van der Waals surface area contributed by atoms with Crippen molar-refractivity contribution >= 4 is 69.1 Å². The Labute approximate surface area is 399 Å². The topological polar surface area (TPSA) is 384 Å². The summed E-state index contributed by atoms with van der Waals surface area (Å²) in [4.78, 5) is 88.4. The molecule has 2 aromatic heterocycles. The zero-order valence-electron chi connectivity index (χ0n) is 38.4. The van der Waals surface area contributed by atoms with Gasteiger partial charge in [0.05, 0.1) is 25.6 Å². The Kier molecular flexibility index (Phi) is 25.4. The summed E-state index contributed by atoms with van der Waals surface area (Å²) in [5, 5.41) is 36.6. The second-order valence-electron chi connectivity index (χ2n) is 16.8. The summed E-state index contributed by atoms with van der Waals surface area (Å²) in [7, 11) is -16.4. The summed E-state index contributed by atoms with van der Waals surface area (Å²) < 4.78 is 62.4. The molecule has 2 aromatic rings. The number of nitrogens with zero attached hydrogens (tertiary/aromatic N) is 4. The number of nitrogens with two attached hydrogens (primary N) is 1. The number of rotatable bonds is 34. The molecule has 2 amide bonds. The third kappa shape index (κ3) is 21.7. The summed E-state index contributed by atoms with van der Waals surface area (Å²) in [5.74, 6) is -1.24. The van der Waals surface area contributed by atoms with Crippen LogP contribution in [0.1, 0.15) is 117 Å². The highest BCUT2D eigenvalue weighted by atomic mass is 32.2. The number of ether oxygens (including phenoxy) is 1. The smallest absolute Gasteiger partial charge is 0.393 e. The van der Waals surface area contributed by atoms with Gasteiger partial charge in [0.1, 0.15) is 36.3 Å². The molecule has 3 rings (SSSR count). The lowest BCUT2D eigenvalue weighted by molar-refractivity contribution is -0.137. The minimum Gasteiger partial charge on any atom is -0.393 e. The van der Waals surface area contributed by atoms with Crippen molar-refractivity contribution in [3.8, 4) is 0 Å². The number of unbranched alkanes of at least 4 members (excludes halogenated alkanes) is 9. The van der Waals surface area contributed by atoms with Gasteiger partial charge in [-0.15, -0.1) is 0 Å². The average Bonchev–Trinajstić information content (AvgIpc) is 3.82. The van der Waals surface area contributed by atoms with E-state index >= 15 is 0 Å². The van der Waals surface area contributed by atoms with Crippen molar-refractivity contribution in [1.29, 1.82) is 0 Å². The second kappa shape index (κ2) is 28.9. The molecule has 0 radical (unpaired) electrons. The molecule has 1 aliphatic rings. The van der Waals surface area contributed by atoms with E-state index in [2.05, 4.69) is 53.5 Å². The van der Waals surface area contributed by atoms with Crippen LogP contribution in [0.5, 0.6) is 0 Å². The van der Waals surface area contributed by atoms with E-state index in [-0.39, 0.29) is 53.8 Å². The maximum Gasteiger partial charge on any atom is 0.481 e. The lowest BCUT2D eigenvalue weighted by Gasteiger charge is -2.30. The van der Waals surface area contributed by atoms with Crippen molar-refractivity contribution in [3.63, 3.8) is 0 Å². The first kappa shape index (κ1) is 59.6. The molecule has 1 saturated heterocycles. The van der Waals surface area contributed by atoms with E-state index < -0.39 is 90.7 Å². The Bertz CT molecular complexity index is 2080. The number of aliphatic hydroxyl groups excluding tert-OH is 3. The molecule has 8 atom stereocenters. The number of phosphoric ester groups is 3. The molecule has 1 aliphatic heterocycles. The van der Waals surface area contributed by atoms with E-state index in [1.165, 1.54) is 65.2 Å². The molecule has 1 fully saturated rings. The number of imidazole rings is 1. The van der Waals surface area contributed by atoms with Crippen LogP contribution >= 0.6 is 35.2 Å². The van der Waals surface area contributed by atoms with Crippen LogP contribution in [0.3, 0.4) is 0 Å². The van der Waals surface area contributed by atoms with E-state index in [9.17, 15) is 63.0 Å². The van der Waals surface area contributed by atoms with Crippen LogP contribution in [0, 0.1) is 5.41 Å². The first-order valence-electron chi connectivity index (χ1n) is 22.3. The molecule has 29 heteroatoms. The summed E-state index contributed by atoms with van der Waals surface area (Å²) in [6.45, 7) is 2.60. The number of anilines is 1. The molecule has 0 bridgehead atoms. The summed E-state index contributed by atoms with van der Waals surface area (Å²) in [6, 6.07) is 0. The van der Waals surface area contributed by atoms with Crippen LogP contribution in [0.4, 0.5) is 5.82 Å². The highest BCUT2D eigenvalue weighted by molar-refractivity contribution is 8.13. The van der Waals surface area contributed by atoms with Crippen LogP contribution in [-0.4, -0.2) is 134 Å². The molecular formula is C39H68N7O18P3S. The van der Waals surface area contributed by atoms with Gasteiger partial charge in [-0.1, -0.05) is 89.6 Å². The van der Waals surface area contributed by atoms with Crippen LogP contribution in [0.25, 0.3) is 11.2 Å². The number of thioether (sulfide) groups is 1. The number of fused-ring (bicyclic) bond motifs is 1. The Morgan fingerprint density at radius 1 is 0.926 bits per heavy atom. The van der Waals surface area contributed by atoms with Crippen molar-refractivity contribution in [2.24, 2.45) is 5.41 Å². The average molecular weight is 1050 g/mol. The third-order valence-electron chi connectivity index (χ3n) is 10.5. The Morgan fingerprint density at radius 2 is 1.57 bits per heavy atom. The van der Waals surface area contributed by atoms with Gasteiger partial charge in [0.25, 0.3) is 0 Å². The summed E-state index contributed by atoms with van der Waals surface area (Å²) >= 11 is 0.987. The summed E-state index contributed by atoms with van der Waals surface area (Å²) in [5.41, 5.74) is 4.25. The predicted octanol–water partition coefficient (Wildman–Crippen LogP) is 3.67. The van der Waals surface area contributed by atoms with Gasteiger partial charge in [-0.05, 0) is 32.1 Å². The molecule has 388 valence electrons. The molecule has 0 aliphatic carbocycles. The van der Waals surface area contributed by atoms with Gasteiger partial charge in [0, 0.05) is 37.1 Å². The van der Waals surface area contributed by atoms with Gasteiger partial charge >= 0.3 is 23.5 Å². The number of allylic oxidation sites excluding steroid dienone is 2. The number of amides is 2. The third-order valence-corrected chi connectivity index (χ3v) is 14.5. The largest absolute Gasteiger partial charge is 0.481 e. The van der Waals surface area contributed by atoms with Crippen molar-refractivity contribution in [2.75, 3.05) is 37.8 Å². The minimum atomic E-state index is -5.59. The van der Waals surface area contributed by atoms with Gasteiger partial charge in [-0.2, -0.15) is 4.31 Å². The van der Waals surface area contributed by atoms with Crippen molar-refractivity contribution < 1.29 is 85.6 Å². The Morgan fingerprint density at radius 3 is 2.25 bits per heavy atom. The SMILES string of the molecule is CCCCCCCCCC/C=C\CCC[C@H](O)CC(=O)SCCNC(=O)CCNC(=O)[C@H](O)C(C)(C)COP(=O)(O)OP(=O)(O)OC[C@H]1O[C@@H](n2cnc3c(N)ncnc32)[C@H](O)[C@@H]1OP(=O)(O)O. The number of aliphatic hydroxyl groups is 3. The van der Waals surface area contributed by atoms with Crippen LogP contribution < -0.4 is 16.4 Å². The van der Waals surface area contributed by atoms with Gasteiger partial charge in [0.15, 0.2) is 22.8 Å². The number of carbonyl (C=O) groups excluding carboxylic acids is 3. The standard InChI is InChI=1S/C39H68N7O18P3S/c1-4-5-6-7-8-9-10-11-12-13-14-15-16-17-27(47)22-30(49)68-21-20-41-29(48)18-19-42-37(52)34(51)39(2,3)24-61-67(58,59)64-66(56,57)60-23-28-33(63-65(53,54)55)32(50)38(62-28)46-26-45-31-35(40)43-25-44-36(31)46/h13-14,25-28,32-34,38,47,50-51H,4-12,15-24H2,1-3H3,(H,41,48)(H,42,52)(H,56,57)(H,58,59)(H2,40,43,44)(H2,53,54,55)/b14-13-/t27-,28+,32+,33+,34-,38+/m0/s1. The quantitative estimate of drug-likeness (QED) is 0.0271. The lowest BCUT2D eigenvalue weighted by Crippen LogP contribution is -2.46. The highest BCUT2D eigenvalue weighted by Gasteiger charge is 2.50. The van der Waals surface area contributed by atoms with Gasteiger partial charge in [-0.25, -0.2) is 28.6 Å². The number of carbonyl (C=O) groups is 3. The molecule has 0 saturated carbocycles. The zero-order valence-corrected chi connectivity index (χ0v) is 41.9. The Balaban J connectivity index is 1.32. The molecule has 25 nitrogen and oxygen atoms in total. The fraction of sp³-hybridized carbons (Fsp3) is 0.744. The lowest BCUT2D eigenvalue weighted by atomic mass is 9.87. The fourth-order valence-electron chi connectivity index (χ4n) is 6.75. The van der Waals surface area contributed by atoms with Crippen LogP contribution in [-0.2, 0) is 50.7 Å². The maximum absolute atomic E-state index is 12.7. The van der Waals surface area contributed by atoms with E-state index in [4.69, 9.17) is 19.5 Å². The first-order chi connectivity index (χ1) is 31.9. The van der Waals surface area contributed by atoms with Gasteiger partial charge < -0.3 is 56.0 Å². The van der Waals surface area contributed by atoms with E-state index in [1.54, 1.807) is 0 Å². The number of nitrogens with one attached hydrogen (secondary N) is 2. The monoisotopic (exact) mass is 1050 g/mol. The molecule has 0 spiro atoms. The number of hydrogen-bond donors (Lipinski definition) is 10. The van der Waals surface area contributed by atoms with Gasteiger partial charge in [0.2, 0.25) is 11.8 Å². The molecular weight excluding hydrogens is 979 g/mol. The zero-order chi connectivity index (χ0) is 50.5. The summed E-state index contributed by atoms with van der Waals surface area (Å²) in [6.07, 6.45) is 9.99. The molecule has 11 N–H and O–H groups in total. The number of phosphoric acid groups is 3. The van der Waals surface area contributed by atoms with Crippen LogP contribution in [0.15, 0.2) is 24.8 Å². The number of aromatic nitrogens is 4. The predicted molar refractivity (Wildman–Crippen MR) is 248 cm³/mol. The highest BCUT2D eigenvalue weighted by Crippen LogP contribution is 2.61. The first-order valence-corrected chi connectivity index (χ1v) is 27.8. The normalized spacial score (nSPS) is 20.6. The van der Waals surface area contributed by atoms with E-state index in [0.29, 0.717) is 6.42 Å². The second-order valence-corrected chi connectivity index (χ2v) is 22.2. The minimum absolute atomic E-state index is 0.00245. The number of hydrogen-bond acceptors (Lipinski definition) is 19. The number of nitrogen functional groups attached to an aromatic ring is 1. The van der Waals surface area contributed by atoms with Crippen molar-refractivity contribution in [1.82, 2.24) is 30.2 Å². The fourth-order valence-corrected chi connectivity index (χ4v) is 10.3. The molecule has 68 heavy (non-hydrogen) atoms. The van der Waals surface area contributed by atoms with Crippen molar-refractivity contribution in [2.45, 2.75) is 147 Å². The molecule has 2 unspecified atom stereocenters. The van der Waals surface area contributed by atoms with Gasteiger partial charge in [-0.3, -0.25) is 32.5 Å². The van der Waals surface area contributed by atoms with Crippen LogP contribution in [0.2, 0.25) is 0 Å². The van der Waals surface area contributed by atoms with E-state index in [1.807, 2.05) is 0 Å². The maximum atomic E-state index is 12.7. The van der Waals surface area contributed by atoms with Crippen molar-refractivity contribution in [3.05, 3.63) is 24.8 Å². The Hall–Kier alpha value is -2.74. The molecule has 3 heterocycles. The van der Waals surface area contributed by atoms with E-state index in [0.717, 1.165) is 48.2 Å². The molecule has 0 aromatic carbocycles.